The molecule has 2 fully saturated rings. The molecular formula is C58H72N8O9S. The summed E-state index contributed by atoms with van der Waals surface area (Å²) >= 11 is 1.57. The van der Waals surface area contributed by atoms with E-state index in [1.165, 1.54) is 4.90 Å². The summed E-state index contributed by atoms with van der Waals surface area (Å²) in [6, 6.07) is 15.8. The Hall–Kier alpha value is -6.49. The first-order chi connectivity index (χ1) is 36.4. The van der Waals surface area contributed by atoms with Crippen molar-refractivity contribution in [2.45, 2.75) is 123 Å². The van der Waals surface area contributed by atoms with Gasteiger partial charge < -0.3 is 50.1 Å². The number of aliphatic hydroxyl groups is 1. The Bertz CT molecular complexity index is 2960. The molecule has 8 rings (SSSR count). The molecule has 0 spiro atoms. The number of aryl methyl sites for hydroxylation is 2. The average molecular weight is 1060 g/mol. The van der Waals surface area contributed by atoms with Crippen LogP contribution < -0.4 is 20.9 Å². The van der Waals surface area contributed by atoms with Crippen molar-refractivity contribution in [3.05, 3.63) is 111 Å². The van der Waals surface area contributed by atoms with Crippen LogP contribution in [-0.2, 0) is 51.8 Å². The zero-order chi connectivity index (χ0) is 54.3. The molecule has 3 atom stereocenters. The summed E-state index contributed by atoms with van der Waals surface area (Å²) in [5.41, 5.74) is 10.4. The number of ether oxygens (including phenoxy) is 3. The summed E-state index contributed by atoms with van der Waals surface area (Å²) in [7, 11) is 0. The van der Waals surface area contributed by atoms with Crippen molar-refractivity contribution in [3.63, 3.8) is 0 Å². The second-order valence-corrected chi connectivity index (χ2v) is 22.5. The second kappa shape index (κ2) is 24.2. The maximum absolute atomic E-state index is 14.1. The molecule has 17 nitrogen and oxygen atoms in total. The molecule has 0 bridgehead atoms. The number of carbonyl (C=O) groups excluding carboxylic acids is 5. The number of thiazole rings is 1. The van der Waals surface area contributed by atoms with Crippen molar-refractivity contribution in [1.29, 1.82) is 0 Å². The minimum absolute atomic E-state index is 0.00816. The lowest BCUT2D eigenvalue weighted by Crippen LogP contribution is -2.57. The van der Waals surface area contributed by atoms with Crippen LogP contribution in [0.15, 0.2) is 60.1 Å². The number of fused-ring (bicyclic) bond motifs is 4. The van der Waals surface area contributed by atoms with Crippen LogP contribution in [0, 0.1) is 18.9 Å². The van der Waals surface area contributed by atoms with Gasteiger partial charge in [0.15, 0.2) is 11.5 Å². The fourth-order valence-corrected chi connectivity index (χ4v) is 11.4. The number of rotatable bonds is 21. The number of aromatic amines is 1. The van der Waals surface area contributed by atoms with Crippen LogP contribution in [0.5, 0.6) is 0 Å². The van der Waals surface area contributed by atoms with Crippen LogP contribution in [0.3, 0.4) is 0 Å². The zero-order valence-corrected chi connectivity index (χ0v) is 45.6. The molecule has 2 aromatic heterocycles. The molecule has 5 N–H and O–H groups in total. The van der Waals surface area contributed by atoms with Gasteiger partial charge >= 0.3 is 0 Å². The third-order valence-electron chi connectivity index (χ3n) is 14.9. The van der Waals surface area contributed by atoms with E-state index in [-0.39, 0.29) is 88.3 Å². The van der Waals surface area contributed by atoms with E-state index >= 15 is 0 Å². The molecule has 18 heteroatoms. The first-order valence-electron chi connectivity index (χ1n) is 26.5. The topological polar surface area (TPSA) is 209 Å². The van der Waals surface area contributed by atoms with E-state index in [1.807, 2.05) is 69.6 Å². The highest BCUT2D eigenvalue weighted by Gasteiger charge is 2.45. The van der Waals surface area contributed by atoms with Crippen molar-refractivity contribution >= 4 is 63.0 Å². The van der Waals surface area contributed by atoms with E-state index in [1.54, 1.807) is 17.4 Å². The number of piperidine rings is 1. The van der Waals surface area contributed by atoms with Crippen molar-refractivity contribution in [1.82, 2.24) is 30.8 Å². The molecule has 76 heavy (non-hydrogen) atoms. The molecule has 0 radical (unpaired) electrons. The van der Waals surface area contributed by atoms with Crippen molar-refractivity contribution in [2.75, 3.05) is 64.2 Å². The van der Waals surface area contributed by atoms with Crippen LogP contribution in [-0.4, -0.2) is 133 Å². The monoisotopic (exact) mass is 1060 g/mol. The molecule has 1 aliphatic carbocycles. The van der Waals surface area contributed by atoms with Crippen LogP contribution >= 0.6 is 11.3 Å². The van der Waals surface area contributed by atoms with E-state index in [2.05, 4.69) is 68.6 Å². The number of hydrogen-bond donors (Lipinski definition) is 5. The van der Waals surface area contributed by atoms with Crippen LogP contribution in [0.4, 0.5) is 11.4 Å². The summed E-state index contributed by atoms with van der Waals surface area (Å²) in [6.07, 6.45) is 1.83. The predicted octanol–water partition coefficient (Wildman–Crippen LogP) is 7.31. The molecule has 4 amide bonds. The minimum Gasteiger partial charge on any atom is -0.391 e. The number of aromatic nitrogens is 2. The number of nitrogens with one attached hydrogen (secondary N) is 4. The van der Waals surface area contributed by atoms with Gasteiger partial charge in [0.05, 0.1) is 74.0 Å². The Kier molecular flexibility index (Phi) is 17.8. The van der Waals surface area contributed by atoms with E-state index in [0.29, 0.717) is 24.5 Å². The van der Waals surface area contributed by atoms with Crippen molar-refractivity contribution in [3.8, 4) is 10.4 Å². The smallest absolute Gasteiger partial charge is 0.246 e. The van der Waals surface area contributed by atoms with E-state index < -0.39 is 34.9 Å². The fraction of sp³-hybridized carbons (Fsp3) is 0.500. The number of likely N-dealkylation sites (tertiary alicyclic amines) is 1. The second-order valence-electron chi connectivity index (χ2n) is 21.7. The first-order valence-corrected chi connectivity index (χ1v) is 27.3. The van der Waals surface area contributed by atoms with Gasteiger partial charge in [-0.1, -0.05) is 77.9 Å². The van der Waals surface area contributed by atoms with E-state index in [9.17, 15) is 29.1 Å². The van der Waals surface area contributed by atoms with Gasteiger partial charge in [-0.05, 0) is 72.1 Å². The van der Waals surface area contributed by atoms with E-state index in [0.717, 1.165) is 93.0 Å². The summed E-state index contributed by atoms with van der Waals surface area (Å²) < 4.78 is 16.9. The molecule has 0 saturated carbocycles. The van der Waals surface area contributed by atoms with Gasteiger partial charge in [-0.2, -0.15) is 0 Å². The molecule has 2 saturated heterocycles. The van der Waals surface area contributed by atoms with Gasteiger partial charge in [0.1, 0.15) is 12.1 Å². The molecule has 0 unspecified atom stereocenters. The van der Waals surface area contributed by atoms with Crippen molar-refractivity contribution < 1.29 is 43.3 Å². The molecule has 2 aliphatic heterocycles. The third-order valence-corrected chi connectivity index (χ3v) is 15.9. The van der Waals surface area contributed by atoms with Gasteiger partial charge in [-0.25, -0.2) is 9.83 Å². The van der Waals surface area contributed by atoms with Gasteiger partial charge in [0.2, 0.25) is 23.6 Å². The van der Waals surface area contributed by atoms with Crippen molar-refractivity contribution in [2.24, 2.45) is 5.41 Å². The summed E-state index contributed by atoms with van der Waals surface area (Å²) in [6.45, 7) is 24.6. The number of carbonyl (C=O) groups is 5. The molecule has 5 aromatic rings. The zero-order valence-electron chi connectivity index (χ0n) is 44.8. The molecule has 404 valence electrons. The van der Waals surface area contributed by atoms with Gasteiger partial charge in [0.25, 0.3) is 0 Å². The Labute approximate surface area is 449 Å². The Morgan fingerprint density at radius 2 is 1.62 bits per heavy atom. The maximum Gasteiger partial charge on any atom is 0.246 e. The number of benzene rings is 3. The molecule has 3 aliphatic rings. The highest BCUT2D eigenvalue weighted by Crippen LogP contribution is 2.46. The first kappa shape index (κ1) is 55.7. The number of aliphatic hydroxyl groups excluding tert-OH is 1. The lowest BCUT2D eigenvalue weighted by atomic mass is 9.70. The van der Waals surface area contributed by atoms with Gasteiger partial charge in [-0.15, -0.1) is 11.3 Å². The predicted molar refractivity (Wildman–Crippen MR) is 293 cm³/mol. The number of β-amino-alcohol motifs (C(OH)–C–C–N with tert-alkyl or cyclic N) is 1. The number of H-pyrrole nitrogens is 1. The number of amides is 4. The standard InChI is InChI=1S/C58H72N8O9S/c1-9-37-28-43-44(58(6,7)53-50(51(43)70)42-15-14-40(59-8)29-45(42)63-53)31-46(37)65-20-16-39(17-21-65)62-48(68)18-22-73-24-26-75-27-25-74-23-19-49(69)64-54(57(3,4)5)56(72)66-33-41(67)30-47(66)55(71)60-32-36-10-12-38(13-11-36)52-35(2)61-34-76-52/h10-15,28-29,31,34,39,41,47,54,63,67H,9,16-27,30,32-33H2,1-7H3,(H,60,71)(H,62,68)(H,64,69)/t41-,47+,54-/m1/s1. The quantitative estimate of drug-likeness (QED) is 0.0364. The number of ketones is 1. The van der Waals surface area contributed by atoms with E-state index in [4.69, 9.17) is 20.8 Å². The lowest BCUT2D eigenvalue weighted by molar-refractivity contribution is -0.144. The fourth-order valence-electron chi connectivity index (χ4n) is 10.6. The van der Waals surface area contributed by atoms with Gasteiger partial charge in [0, 0.05) is 84.7 Å². The lowest BCUT2D eigenvalue weighted by Gasteiger charge is -2.38. The molecule has 3 aromatic carbocycles. The van der Waals surface area contributed by atoms with Crippen LogP contribution in [0.1, 0.15) is 118 Å². The normalized spacial score (nSPS) is 17.8. The Balaban J connectivity index is 0.691. The molecule has 4 heterocycles. The minimum atomic E-state index is -0.943. The van der Waals surface area contributed by atoms with Crippen LogP contribution in [0.25, 0.3) is 26.2 Å². The Morgan fingerprint density at radius 1 is 0.947 bits per heavy atom. The summed E-state index contributed by atoms with van der Waals surface area (Å²) in [4.78, 5) is 83.8. The molecular weight excluding hydrogens is 985 g/mol. The Morgan fingerprint density at radius 3 is 2.25 bits per heavy atom. The third kappa shape index (κ3) is 12.7. The largest absolute Gasteiger partial charge is 0.391 e. The highest BCUT2D eigenvalue weighted by atomic mass is 32.1. The summed E-state index contributed by atoms with van der Waals surface area (Å²) in [5, 5.41) is 20.4. The average Bonchev–Trinajstić information content (AvgIpc) is 4.20. The number of nitrogens with zero attached hydrogens (tertiary/aromatic N) is 4. The summed E-state index contributed by atoms with van der Waals surface area (Å²) in [5.74, 6) is -1.23. The maximum atomic E-state index is 14.1. The highest BCUT2D eigenvalue weighted by molar-refractivity contribution is 7.13. The van der Waals surface area contributed by atoms with Crippen LogP contribution in [0.2, 0.25) is 0 Å². The number of hydrogen-bond acceptors (Lipinski definition) is 12. The van der Waals surface area contributed by atoms with Gasteiger partial charge in [-0.3, -0.25) is 24.0 Å². The number of anilines is 1. The SMILES string of the molecule is [C-]#[N+]c1ccc2c3c([nH]c2c1)C(C)(C)c1cc(N2CCC(NC(=O)CCOCCOCCOCCC(=O)N[C@H](C(=O)N4C[C@H](O)C[C@H]4C(=O)NCc4ccc(-c5scnc5C)cc4)C(C)(C)C)CC2)c(CC)cc1C3=O.